The quantitative estimate of drug-likeness (QED) is 0.363. The lowest BCUT2D eigenvalue weighted by Crippen LogP contribution is -2.43. The van der Waals surface area contributed by atoms with Crippen LogP contribution in [0.5, 0.6) is 0 Å². The van der Waals surface area contributed by atoms with E-state index in [1.165, 1.54) is 24.8 Å². The molecule has 26 heavy (non-hydrogen) atoms. The number of carbonyl (C=O) groups is 2. The van der Waals surface area contributed by atoms with E-state index in [1.54, 1.807) is 0 Å². The van der Waals surface area contributed by atoms with Crippen molar-refractivity contribution in [2.24, 2.45) is 0 Å². The number of urea groups is 1. The summed E-state index contributed by atoms with van der Waals surface area (Å²) in [5.74, 6) is 0.127. The van der Waals surface area contributed by atoms with Crippen LogP contribution in [0.15, 0.2) is 11.6 Å². The summed E-state index contributed by atoms with van der Waals surface area (Å²) in [5, 5.41) is 12.2. The van der Waals surface area contributed by atoms with Gasteiger partial charge in [-0.2, -0.15) is 0 Å². The van der Waals surface area contributed by atoms with Gasteiger partial charge in [0.2, 0.25) is 5.91 Å². The first kappa shape index (κ1) is 22.8. The molecule has 6 nitrogen and oxygen atoms in total. The molecule has 0 unspecified atom stereocenters. The van der Waals surface area contributed by atoms with E-state index in [9.17, 15) is 9.59 Å². The molecule has 0 atom stereocenters. The van der Waals surface area contributed by atoms with Crippen LogP contribution in [0.2, 0.25) is 0 Å². The topological polar surface area (TPSA) is 82.3 Å². The summed E-state index contributed by atoms with van der Waals surface area (Å²) in [5.41, 5.74) is 1.32. The van der Waals surface area contributed by atoms with Crippen LogP contribution in [0.4, 0.5) is 4.79 Å². The normalized spacial score (nSPS) is 17.6. The maximum Gasteiger partial charge on any atom is 0.315 e. The van der Waals surface area contributed by atoms with Crippen molar-refractivity contribution < 1.29 is 9.59 Å². The Labute approximate surface area is 163 Å². The van der Waals surface area contributed by atoms with Gasteiger partial charge in [0.25, 0.3) is 0 Å². The van der Waals surface area contributed by atoms with Crippen LogP contribution >= 0.6 is 12.4 Å². The number of carbonyl (C=O) groups excluding carboxylic acids is 2. The van der Waals surface area contributed by atoms with Crippen molar-refractivity contribution in [3.05, 3.63) is 11.6 Å². The van der Waals surface area contributed by atoms with Crippen molar-refractivity contribution >= 4 is 24.3 Å². The minimum atomic E-state index is -0.0418. The Kier molecular flexibility index (Phi) is 12.1. The molecule has 0 bridgehead atoms. The van der Waals surface area contributed by atoms with Crippen molar-refractivity contribution in [3.63, 3.8) is 0 Å². The number of halogens is 1. The van der Waals surface area contributed by atoms with Crippen LogP contribution < -0.4 is 21.3 Å². The van der Waals surface area contributed by atoms with Gasteiger partial charge in [-0.25, -0.2) is 4.79 Å². The van der Waals surface area contributed by atoms with E-state index in [2.05, 4.69) is 27.3 Å². The van der Waals surface area contributed by atoms with Gasteiger partial charge >= 0.3 is 6.03 Å². The highest BCUT2D eigenvalue weighted by Crippen LogP contribution is 2.17. The van der Waals surface area contributed by atoms with Crippen LogP contribution in [-0.4, -0.2) is 44.2 Å². The zero-order valence-electron chi connectivity index (χ0n) is 15.8. The predicted octanol–water partition coefficient (Wildman–Crippen LogP) is 2.64. The van der Waals surface area contributed by atoms with Crippen LogP contribution in [0.25, 0.3) is 0 Å². The number of nitrogens with one attached hydrogen (secondary N) is 4. The van der Waals surface area contributed by atoms with Gasteiger partial charge in [-0.3, -0.25) is 4.79 Å². The Bertz CT molecular complexity index is 451. The Balaban J connectivity index is 0.00000338. The molecule has 2 rings (SSSR count). The fraction of sp³-hybridized carbons (Fsp3) is 0.789. The average Bonchev–Trinajstić information content (AvgIpc) is 2.64. The van der Waals surface area contributed by atoms with Crippen LogP contribution in [0.3, 0.4) is 0 Å². The summed E-state index contributed by atoms with van der Waals surface area (Å²) in [7, 11) is 0. The maximum absolute atomic E-state index is 11.8. The van der Waals surface area contributed by atoms with Gasteiger partial charge in [0.1, 0.15) is 0 Å². The lowest BCUT2D eigenvalue weighted by atomic mass is 9.96. The Morgan fingerprint density at radius 2 is 1.88 bits per heavy atom. The van der Waals surface area contributed by atoms with E-state index in [-0.39, 0.29) is 24.3 Å². The molecule has 150 valence electrons. The number of hydrogen-bond acceptors (Lipinski definition) is 3. The molecule has 1 heterocycles. The van der Waals surface area contributed by atoms with Gasteiger partial charge < -0.3 is 21.3 Å². The maximum atomic E-state index is 11.8. The second kappa shape index (κ2) is 13.9. The highest BCUT2D eigenvalue weighted by Gasteiger charge is 2.15. The SMILES string of the molecule is Cl.O=C(CCCCCNC(=O)NC1CCCCC1)NCC1=CCNCC1. The summed E-state index contributed by atoms with van der Waals surface area (Å²) in [4.78, 5) is 23.6. The van der Waals surface area contributed by atoms with Crippen LogP contribution in [-0.2, 0) is 4.79 Å². The molecule has 1 fully saturated rings. The summed E-state index contributed by atoms with van der Waals surface area (Å²) in [6.07, 6.45) is 12.5. The van der Waals surface area contributed by atoms with Gasteiger partial charge in [-0.1, -0.05) is 37.3 Å². The van der Waals surface area contributed by atoms with Crippen molar-refractivity contribution in [1.29, 1.82) is 0 Å². The molecule has 0 radical (unpaired) electrons. The third-order valence-electron chi connectivity index (χ3n) is 4.98. The van der Waals surface area contributed by atoms with E-state index in [0.29, 0.717) is 25.6 Å². The molecule has 0 aromatic heterocycles. The fourth-order valence-corrected chi connectivity index (χ4v) is 3.40. The van der Waals surface area contributed by atoms with Gasteiger partial charge in [-0.05, 0) is 38.6 Å². The Morgan fingerprint density at radius 1 is 1.08 bits per heavy atom. The molecule has 1 saturated carbocycles. The first-order valence-corrected chi connectivity index (χ1v) is 9.94. The monoisotopic (exact) mass is 386 g/mol. The number of unbranched alkanes of at least 4 members (excludes halogenated alkanes) is 2. The van der Waals surface area contributed by atoms with Crippen molar-refractivity contribution in [3.8, 4) is 0 Å². The summed E-state index contributed by atoms with van der Waals surface area (Å²) < 4.78 is 0. The first-order valence-electron chi connectivity index (χ1n) is 9.94. The summed E-state index contributed by atoms with van der Waals surface area (Å²) in [6, 6.07) is 0.312. The molecule has 0 saturated heterocycles. The first-order chi connectivity index (χ1) is 12.2. The predicted molar refractivity (Wildman–Crippen MR) is 108 cm³/mol. The fourth-order valence-electron chi connectivity index (χ4n) is 3.40. The third kappa shape index (κ3) is 10.0. The zero-order chi connectivity index (χ0) is 17.7. The lowest BCUT2D eigenvalue weighted by molar-refractivity contribution is -0.121. The molecule has 1 aliphatic carbocycles. The van der Waals surface area contributed by atoms with Crippen molar-refractivity contribution in [1.82, 2.24) is 21.3 Å². The Hall–Kier alpha value is -1.27. The van der Waals surface area contributed by atoms with Gasteiger partial charge in [0, 0.05) is 32.1 Å². The molecular weight excluding hydrogens is 352 g/mol. The molecule has 0 aromatic carbocycles. The van der Waals surface area contributed by atoms with E-state index >= 15 is 0 Å². The highest BCUT2D eigenvalue weighted by atomic mass is 35.5. The molecule has 7 heteroatoms. The van der Waals surface area contributed by atoms with E-state index < -0.39 is 0 Å². The van der Waals surface area contributed by atoms with Crippen LogP contribution in [0.1, 0.15) is 64.2 Å². The van der Waals surface area contributed by atoms with Gasteiger partial charge in [0.15, 0.2) is 0 Å². The van der Waals surface area contributed by atoms with E-state index in [0.717, 1.165) is 51.6 Å². The van der Waals surface area contributed by atoms with Crippen molar-refractivity contribution in [2.75, 3.05) is 26.2 Å². The molecule has 0 spiro atoms. The standard InChI is InChI=1S/C19H34N4O2.ClH/c24-18(22-15-16-10-13-20-14-11-16)9-5-2-6-12-21-19(25)23-17-7-3-1-4-8-17;/h10,17,20H,1-9,11-15H2,(H,22,24)(H2,21,23,25);1H. The molecular formula is C19H35ClN4O2. The van der Waals surface area contributed by atoms with Gasteiger partial charge in [-0.15, -0.1) is 12.4 Å². The minimum Gasteiger partial charge on any atom is -0.352 e. The van der Waals surface area contributed by atoms with E-state index in [1.807, 2.05) is 0 Å². The van der Waals surface area contributed by atoms with Crippen molar-refractivity contribution in [2.45, 2.75) is 70.3 Å². The van der Waals surface area contributed by atoms with Crippen LogP contribution in [0, 0.1) is 0 Å². The van der Waals surface area contributed by atoms with Gasteiger partial charge in [0.05, 0.1) is 0 Å². The minimum absolute atomic E-state index is 0. The average molecular weight is 387 g/mol. The number of hydrogen-bond donors (Lipinski definition) is 4. The zero-order valence-corrected chi connectivity index (χ0v) is 16.6. The Morgan fingerprint density at radius 3 is 2.62 bits per heavy atom. The summed E-state index contributed by atoms with van der Waals surface area (Å²) >= 11 is 0. The van der Waals surface area contributed by atoms with E-state index in [4.69, 9.17) is 0 Å². The molecule has 0 aromatic rings. The highest BCUT2D eigenvalue weighted by molar-refractivity contribution is 5.85. The smallest absolute Gasteiger partial charge is 0.315 e. The number of rotatable bonds is 9. The second-order valence-electron chi connectivity index (χ2n) is 7.14. The molecule has 2 aliphatic rings. The molecule has 4 N–H and O–H groups in total. The lowest BCUT2D eigenvalue weighted by Gasteiger charge is -2.22. The second-order valence-corrected chi connectivity index (χ2v) is 7.14. The third-order valence-corrected chi connectivity index (χ3v) is 4.98. The largest absolute Gasteiger partial charge is 0.352 e. The number of amides is 3. The summed E-state index contributed by atoms with van der Waals surface area (Å²) in [6.45, 7) is 3.28. The molecule has 3 amide bonds. The molecule has 1 aliphatic heterocycles.